The van der Waals surface area contributed by atoms with Crippen molar-refractivity contribution in [2.45, 2.75) is 101 Å². The molecule has 16 nitrogen and oxygen atoms in total. The van der Waals surface area contributed by atoms with Gasteiger partial charge in [-0.15, -0.1) is 0 Å². The van der Waals surface area contributed by atoms with Crippen molar-refractivity contribution >= 4 is 44.0 Å². The Balaban J connectivity index is 0.841. The highest BCUT2D eigenvalue weighted by atomic mass is 32.2. The number of aryl methyl sites for hydroxylation is 1. The molecular weight excluding hydrogens is 945 g/mol. The SMILES string of the molecule is COc1cc(CN2CCN(C3CC4(C3)CN(c3ccc(C(=O)NS(=O)(=O)c5ccc(NC[C@H]6CC[C@](C)(O)CC6)c([N+](=O)[O-])c5)c(Oc5cnc6[nH]ccc6c5)c3)C4)[C@H](c3ccccc3C(C)C)C2)ccc1C. The summed E-state index contributed by atoms with van der Waals surface area (Å²) in [5, 5.41) is 26.5. The van der Waals surface area contributed by atoms with Gasteiger partial charge in [-0.25, -0.2) is 18.1 Å². The van der Waals surface area contributed by atoms with Crippen LogP contribution in [0.1, 0.15) is 104 Å². The molecule has 4 aromatic carbocycles. The summed E-state index contributed by atoms with van der Waals surface area (Å²) in [7, 11) is -2.86. The van der Waals surface area contributed by atoms with Crippen LogP contribution in [0.4, 0.5) is 17.1 Å². The summed E-state index contributed by atoms with van der Waals surface area (Å²) >= 11 is 0. The van der Waals surface area contributed by atoms with Gasteiger partial charge in [-0.3, -0.25) is 24.7 Å². The fourth-order valence-electron chi connectivity index (χ4n) is 11.7. The zero-order valence-corrected chi connectivity index (χ0v) is 43.1. The van der Waals surface area contributed by atoms with Gasteiger partial charge in [-0.05, 0) is 129 Å². The third-order valence-electron chi connectivity index (χ3n) is 15.9. The van der Waals surface area contributed by atoms with Crippen LogP contribution >= 0.6 is 0 Å². The molecule has 2 aliphatic heterocycles. The second kappa shape index (κ2) is 20.1. The van der Waals surface area contributed by atoms with Crippen molar-refractivity contribution in [2.75, 3.05) is 56.6 Å². The van der Waals surface area contributed by atoms with Crippen molar-refractivity contribution in [3.8, 4) is 17.2 Å². The molecule has 2 saturated heterocycles. The number of hydrogen-bond donors (Lipinski definition) is 4. The van der Waals surface area contributed by atoms with Crippen molar-refractivity contribution in [2.24, 2.45) is 11.3 Å². The van der Waals surface area contributed by atoms with Crippen molar-refractivity contribution in [3.63, 3.8) is 0 Å². The summed E-state index contributed by atoms with van der Waals surface area (Å²) in [6.45, 7) is 14.3. The minimum Gasteiger partial charge on any atom is -0.496 e. The predicted molar refractivity (Wildman–Crippen MR) is 282 cm³/mol. The molecule has 6 aromatic rings. The van der Waals surface area contributed by atoms with E-state index >= 15 is 0 Å². The molecule has 0 bridgehead atoms. The monoisotopic (exact) mass is 1010 g/mol. The van der Waals surface area contributed by atoms with Crippen LogP contribution in [0.15, 0.2) is 108 Å². The number of aromatic nitrogens is 2. The number of methoxy groups -OCH3 is 1. The number of nitro groups is 1. The number of amides is 1. The number of sulfonamides is 1. The number of carbonyl (C=O) groups excluding carboxylic acids is 1. The van der Waals surface area contributed by atoms with E-state index in [0.717, 1.165) is 93.4 Å². The standard InChI is InChI=1S/C56H66N8O8S/c1-36(2)45-8-6-7-9-46(45)50-33-61(32-39-11-10-37(3)51(24-39)71-5)22-23-63(50)42-28-56(29-42)34-62(35-56)41-12-14-47(52(26-41)72-43-25-40-18-21-57-53(40)59-31-43)54(65)60-73(69,70)44-13-15-48(49(27-44)64(67)68)58-30-38-16-19-55(4,66)20-17-38/h6-15,18,21,24-27,31,36,38,42,50,58,66H,16-17,19-20,22-23,28-30,32-35H2,1-5H3,(H,57,59)(H,60,65)/t38-,50-,55-/m0/s1. The van der Waals surface area contributed by atoms with Crippen molar-refractivity contribution in [1.29, 1.82) is 0 Å². The predicted octanol–water partition coefficient (Wildman–Crippen LogP) is 9.70. The Hall–Kier alpha value is -6.53. The van der Waals surface area contributed by atoms with Gasteiger partial charge >= 0.3 is 0 Å². The first-order valence-electron chi connectivity index (χ1n) is 25.5. The number of aromatic amines is 1. The number of fused-ring (bicyclic) bond motifs is 1. The van der Waals surface area contributed by atoms with Crippen LogP contribution < -0.4 is 24.4 Å². The summed E-state index contributed by atoms with van der Waals surface area (Å²) in [5.41, 5.74) is 5.81. The zero-order chi connectivity index (χ0) is 51.2. The lowest BCUT2D eigenvalue weighted by Crippen LogP contribution is -2.68. The Bertz CT molecular complexity index is 3130. The highest BCUT2D eigenvalue weighted by Gasteiger charge is 2.55. The second-order valence-corrected chi connectivity index (χ2v) is 23.2. The molecule has 4 heterocycles. The van der Waals surface area contributed by atoms with E-state index < -0.39 is 37.0 Å². The van der Waals surface area contributed by atoms with E-state index in [1.807, 2.05) is 19.1 Å². The molecule has 73 heavy (non-hydrogen) atoms. The van der Waals surface area contributed by atoms with E-state index in [1.54, 1.807) is 31.5 Å². The van der Waals surface area contributed by atoms with E-state index in [9.17, 15) is 28.4 Å². The first-order chi connectivity index (χ1) is 34.9. The molecule has 0 radical (unpaired) electrons. The van der Waals surface area contributed by atoms with Crippen LogP contribution in [0.2, 0.25) is 0 Å². The molecule has 2 saturated carbocycles. The Labute approximate surface area is 427 Å². The van der Waals surface area contributed by atoms with E-state index in [2.05, 4.69) is 97.9 Å². The minimum absolute atomic E-state index is 0.0342. The number of anilines is 2. The number of benzene rings is 4. The van der Waals surface area contributed by atoms with E-state index in [1.165, 1.54) is 35.0 Å². The number of hydrogen-bond acceptors (Lipinski definition) is 13. The third-order valence-corrected chi connectivity index (χ3v) is 17.2. The van der Waals surface area contributed by atoms with E-state index in [-0.39, 0.29) is 34.4 Å². The number of aliphatic hydroxyl groups is 1. The van der Waals surface area contributed by atoms with Crippen LogP contribution in [0.3, 0.4) is 0 Å². The van der Waals surface area contributed by atoms with Crippen LogP contribution in [0, 0.1) is 28.4 Å². The maximum atomic E-state index is 14.1. The number of H-pyrrole nitrogens is 1. The smallest absolute Gasteiger partial charge is 0.293 e. The number of nitrogens with zero attached hydrogens (tertiary/aromatic N) is 5. The fourth-order valence-corrected chi connectivity index (χ4v) is 12.7. The van der Waals surface area contributed by atoms with Gasteiger partial charge in [0.2, 0.25) is 0 Å². The maximum absolute atomic E-state index is 14.1. The molecule has 4 fully saturated rings. The number of nitro benzene ring substituents is 1. The summed E-state index contributed by atoms with van der Waals surface area (Å²) in [6, 6.07) is 28.5. The summed E-state index contributed by atoms with van der Waals surface area (Å²) in [6.07, 6.45) is 8.23. The summed E-state index contributed by atoms with van der Waals surface area (Å²) in [4.78, 5) is 40.4. The molecule has 1 atom stereocenters. The highest BCUT2D eigenvalue weighted by Crippen LogP contribution is 2.54. The minimum atomic E-state index is -4.59. The van der Waals surface area contributed by atoms with Gasteiger partial charge in [-0.1, -0.05) is 50.2 Å². The zero-order valence-electron chi connectivity index (χ0n) is 42.3. The number of nitrogens with one attached hydrogen (secondary N) is 3. The molecule has 0 unspecified atom stereocenters. The molecule has 17 heteroatoms. The first-order valence-corrected chi connectivity index (χ1v) is 27.0. The summed E-state index contributed by atoms with van der Waals surface area (Å²) < 4.78 is 41.9. The largest absolute Gasteiger partial charge is 0.496 e. The first kappa shape index (κ1) is 50.0. The van der Waals surface area contributed by atoms with Gasteiger partial charge in [0.15, 0.2) is 0 Å². The number of pyridine rings is 1. The maximum Gasteiger partial charge on any atom is 0.293 e. The molecule has 2 aromatic heterocycles. The lowest BCUT2D eigenvalue weighted by molar-refractivity contribution is -0.384. The Morgan fingerprint density at radius 1 is 0.986 bits per heavy atom. The van der Waals surface area contributed by atoms with Gasteiger partial charge < -0.3 is 29.8 Å². The second-order valence-electron chi connectivity index (χ2n) is 21.6. The molecule has 1 spiro atoms. The third kappa shape index (κ3) is 10.6. The molecule has 4 aliphatic rings. The Morgan fingerprint density at radius 2 is 1.77 bits per heavy atom. The number of rotatable bonds is 16. The molecule has 2 aliphatic carbocycles. The van der Waals surface area contributed by atoms with Crippen molar-refractivity contribution < 1.29 is 32.7 Å². The number of carbonyl (C=O) groups is 1. The van der Waals surface area contributed by atoms with Gasteiger partial charge in [0.05, 0.1) is 34.3 Å². The average Bonchev–Trinajstić information content (AvgIpc) is 3.82. The highest BCUT2D eigenvalue weighted by molar-refractivity contribution is 7.90. The van der Waals surface area contributed by atoms with E-state index in [0.29, 0.717) is 42.7 Å². The molecule has 10 rings (SSSR count). The lowest BCUT2D eigenvalue weighted by atomic mass is 9.59. The van der Waals surface area contributed by atoms with Crippen LogP contribution in [-0.4, -0.2) is 102 Å². The van der Waals surface area contributed by atoms with Crippen LogP contribution in [-0.2, 0) is 16.6 Å². The normalized spacial score (nSPS) is 21.4. The van der Waals surface area contributed by atoms with Crippen molar-refractivity contribution in [1.82, 2.24) is 24.5 Å². The molecule has 384 valence electrons. The Morgan fingerprint density at radius 3 is 2.52 bits per heavy atom. The summed E-state index contributed by atoms with van der Waals surface area (Å²) in [5.74, 6) is 1.05. The lowest BCUT2D eigenvalue weighted by Gasteiger charge is -2.63. The van der Waals surface area contributed by atoms with Crippen LogP contribution in [0.5, 0.6) is 17.2 Å². The molecular formula is C56H66N8O8S. The van der Waals surface area contributed by atoms with Gasteiger partial charge in [0.1, 0.15) is 28.6 Å². The Kier molecular flexibility index (Phi) is 13.7. The van der Waals surface area contributed by atoms with Gasteiger partial charge in [0.25, 0.3) is 21.6 Å². The van der Waals surface area contributed by atoms with Gasteiger partial charge in [-0.2, -0.15) is 0 Å². The average molecular weight is 1010 g/mol. The topological polar surface area (TPSA) is 195 Å². The molecule has 1 amide bonds. The van der Waals surface area contributed by atoms with E-state index in [4.69, 9.17) is 9.47 Å². The number of ether oxygens (including phenoxy) is 2. The fraction of sp³-hybridized carbons (Fsp3) is 0.429. The van der Waals surface area contributed by atoms with Crippen LogP contribution in [0.25, 0.3) is 11.0 Å². The quantitative estimate of drug-likeness (QED) is 0.0529. The molecule has 4 N–H and O–H groups in total. The van der Waals surface area contributed by atoms with Crippen molar-refractivity contribution in [3.05, 3.63) is 141 Å². The number of piperazine rings is 1. The van der Waals surface area contributed by atoms with Gasteiger partial charge in [0, 0.05) is 92.7 Å².